The topological polar surface area (TPSA) is 80.6 Å². The van der Waals surface area contributed by atoms with E-state index in [0.29, 0.717) is 36.4 Å². The van der Waals surface area contributed by atoms with Crippen molar-refractivity contribution in [3.8, 4) is 5.75 Å². The molecule has 3 aromatic rings. The monoisotopic (exact) mass is 535 g/mol. The maximum atomic E-state index is 14.1. The standard InChI is InChI=1S/C29H24F3N3O4/c30-16-8-21(31)19(22(32)9-16)10-33-28(37)20-11-34-23-12-35(24-17-6-15(23)7-18(17)24)29(38)25(34)27(26(20)36)39-13-14-4-2-1-3-5-14/h1-5,8-9,11,15,17-18,23-24H,6-7,10,12-13H2,(H,33,37)/t15?,17-,18?,23-,24?/m1/s1. The lowest BCUT2D eigenvalue weighted by Crippen LogP contribution is -2.46. The molecule has 2 saturated heterocycles. The van der Waals surface area contributed by atoms with Crippen molar-refractivity contribution < 1.29 is 27.5 Å². The van der Waals surface area contributed by atoms with Crippen LogP contribution in [0.15, 0.2) is 53.5 Å². The quantitative estimate of drug-likeness (QED) is 0.521. The minimum Gasteiger partial charge on any atom is -0.483 e. The van der Waals surface area contributed by atoms with E-state index < -0.39 is 40.9 Å². The summed E-state index contributed by atoms with van der Waals surface area (Å²) in [5.41, 5.74) is -0.687. The van der Waals surface area contributed by atoms with Crippen LogP contribution in [0.1, 0.15) is 50.9 Å². The maximum absolute atomic E-state index is 14.1. The smallest absolute Gasteiger partial charge is 0.274 e. The second-order valence-corrected chi connectivity index (χ2v) is 10.8. The zero-order chi connectivity index (χ0) is 27.0. The van der Waals surface area contributed by atoms with E-state index in [4.69, 9.17) is 4.74 Å². The normalized spacial score (nSPS) is 25.7. The van der Waals surface area contributed by atoms with Crippen molar-refractivity contribution in [3.05, 3.63) is 98.7 Å². The SMILES string of the molecule is O=C(NCc1c(F)cc(F)cc1F)c1cn2c(c(OCc3ccccc3)c1=O)C(=O)N1C[C@@H]2C2CC3C1[C@@H]3C2. The highest BCUT2D eigenvalue weighted by atomic mass is 19.1. The van der Waals surface area contributed by atoms with Crippen molar-refractivity contribution >= 4 is 11.8 Å². The van der Waals surface area contributed by atoms with Crippen LogP contribution in [0.4, 0.5) is 13.2 Å². The van der Waals surface area contributed by atoms with E-state index in [-0.39, 0.29) is 41.6 Å². The molecule has 5 atom stereocenters. The largest absolute Gasteiger partial charge is 0.483 e. The van der Waals surface area contributed by atoms with Crippen molar-refractivity contribution in [1.29, 1.82) is 0 Å². The molecule has 0 radical (unpaired) electrons. The fourth-order valence-corrected chi connectivity index (χ4v) is 6.88. The van der Waals surface area contributed by atoms with Gasteiger partial charge in [-0.05, 0) is 36.2 Å². The molecule has 200 valence electrons. The Bertz CT molecular complexity index is 1560. The molecule has 6 bridgehead atoms. The van der Waals surface area contributed by atoms with E-state index in [1.54, 1.807) is 4.57 Å². The van der Waals surface area contributed by atoms with Gasteiger partial charge in [-0.2, -0.15) is 0 Å². The van der Waals surface area contributed by atoms with Gasteiger partial charge in [-0.25, -0.2) is 13.2 Å². The molecule has 4 heterocycles. The van der Waals surface area contributed by atoms with Crippen LogP contribution < -0.4 is 15.5 Å². The summed E-state index contributed by atoms with van der Waals surface area (Å²) >= 11 is 0. The van der Waals surface area contributed by atoms with Crippen molar-refractivity contribution in [2.75, 3.05) is 6.54 Å². The highest BCUT2D eigenvalue weighted by Crippen LogP contribution is 2.63. The summed E-state index contributed by atoms with van der Waals surface area (Å²) in [4.78, 5) is 42.5. The summed E-state index contributed by atoms with van der Waals surface area (Å²) in [6.45, 7) is -0.0829. The average Bonchev–Trinajstić information content (AvgIpc) is 3.48. The Balaban J connectivity index is 1.28. The highest BCUT2D eigenvalue weighted by Gasteiger charge is 2.65. The van der Waals surface area contributed by atoms with E-state index in [1.807, 2.05) is 35.2 Å². The second-order valence-electron chi connectivity index (χ2n) is 10.8. The third-order valence-corrected chi connectivity index (χ3v) is 8.74. The van der Waals surface area contributed by atoms with Crippen molar-refractivity contribution in [2.24, 2.45) is 17.8 Å². The number of ether oxygens (including phenoxy) is 1. The number of nitrogens with zero attached hydrogens (tertiary/aromatic N) is 2. The summed E-state index contributed by atoms with van der Waals surface area (Å²) in [5, 5.41) is 2.38. The molecule has 8 rings (SSSR count). The molecule has 4 fully saturated rings. The van der Waals surface area contributed by atoms with E-state index in [1.165, 1.54) is 6.20 Å². The van der Waals surface area contributed by atoms with E-state index >= 15 is 0 Å². The predicted octanol–water partition coefficient (Wildman–Crippen LogP) is 3.81. The summed E-state index contributed by atoms with van der Waals surface area (Å²) in [5.74, 6) is -3.49. The molecule has 3 aliphatic heterocycles. The first-order valence-electron chi connectivity index (χ1n) is 13.0. The zero-order valence-corrected chi connectivity index (χ0v) is 20.7. The van der Waals surface area contributed by atoms with Gasteiger partial charge in [0.2, 0.25) is 5.43 Å². The van der Waals surface area contributed by atoms with Gasteiger partial charge in [0.15, 0.2) is 11.4 Å². The summed E-state index contributed by atoms with van der Waals surface area (Å²) in [6.07, 6.45) is 3.36. The summed E-state index contributed by atoms with van der Waals surface area (Å²) in [6, 6.07) is 10.3. The number of amides is 2. The van der Waals surface area contributed by atoms with Crippen molar-refractivity contribution in [2.45, 2.75) is 38.1 Å². The van der Waals surface area contributed by atoms with Gasteiger partial charge in [0.05, 0.1) is 6.04 Å². The van der Waals surface area contributed by atoms with Crippen LogP contribution in [-0.4, -0.2) is 33.9 Å². The number of nitrogens with one attached hydrogen (secondary N) is 1. The highest BCUT2D eigenvalue weighted by molar-refractivity contribution is 5.99. The number of carbonyl (C=O) groups is 2. The Kier molecular flexibility index (Phi) is 5.37. The van der Waals surface area contributed by atoms with Gasteiger partial charge in [-0.1, -0.05) is 30.3 Å². The van der Waals surface area contributed by atoms with Crippen molar-refractivity contribution in [3.63, 3.8) is 0 Å². The van der Waals surface area contributed by atoms with Gasteiger partial charge in [-0.3, -0.25) is 14.4 Å². The predicted molar refractivity (Wildman–Crippen MR) is 133 cm³/mol. The first-order chi connectivity index (χ1) is 18.8. The molecule has 2 aromatic carbocycles. The van der Waals surface area contributed by atoms with Gasteiger partial charge in [0.25, 0.3) is 11.8 Å². The average molecular weight is 536 g/mol. The number of aromatic nitrogens is 1. The van der Waals surface area contributed by atoms with E-state index in [2.05, 4.69) is 5.32 Å². The number of fused-ring (bicyclic) bond motifs is 1. The fourth-order valence-electron chi connectivity index (χ4n) is 6.88. The molecule has 10 heteroatoms. The van der Waals surface area contributed by atoms with Gasteiger partial charge in [0.1, 0.15) is 29.6 Å². The first-order valence-corrected chi connectivity index (χ1v) is 13.0. The van der Waals surface area contributed by atoms with Crippen molar-refractivity contribution in [1.82, 2.24) is 14.8 Å². The molecule has 39 heavy (non-hydrogen) atoms. The number of carbonyl (C=O) groups excluding carboxylic acids is 2. The molecule has 1 aromatic heterocycles. The van der Waals surface area contributed by atoms with Crippen LogP contribution in [-0.2, 0) is 13.2 Å². The minimum absolute atomic E-state index is 0.0101. The third-order valence-electron chi connectivity index (χ3n) is 8.74. The Labute approximate surface area is 221 Å². The lowest BCUT2D eigenvalue weighted by Gasteiger charge is -2.37. The molecule has 7 nitrogen and oxygen atoms in total. The Morgan fingerprint density at radius 3 is 2.41 bits per heavy atom. The van der Waals surface area contributed by atoms with Gasteiger partial charge in [-0.15, -0.1) is 0 Å². The minimum atomic E-state index is -1.15. The molecule has 2 aliphatic carbocycles. The van der Waals surface area contributed by atoms with Crippen LogP contribution in [0.25, 0.3) is 0 Å². The lowest BCUT2D eigenvalue weighted by molar-refractivity contribution is 0.0642. The van der Waals surface area contributed by atoms with Crippen LogP contribution in [0, 0.1) is 35.2 Å². The number of hydrogen-bond acceptors (Lipinski definition) is 4. The van der Waals surface area contributed by atoms with Gasteiger partial charge < -0.3 is 19.5 Å². The number of benzene rings is 2. The number of pyridine rings is 1. The Hall–Kier alpha value is -4.08. The Morgan fingerprint density at radius 1 is 1.03 bits per heavy atom. The van der Waals surface area contributed by atoms with Crippen LogP contribution in [0.5, 0.6) is 5.75 Å². The molecule has 5 aliphatic rings. The van der Waals surface area contributed by atoms with Crippen LogP contribution in [0.2, 0.25) is 0 Å². The lowest BCUT2D eigenvalue weighted by atomic mass is 9.94. The van der Waals surface area contributed by atoms with Crippen LogP contribution in [0.3, 0.4) is 0 Å². The van der Waals surface area contributed by atoms with E-state index in [0.717, 1.165) is 18.4 Å². The molecule has 1 N–H and O–H groups in total. The van der Waals surface area contributed by atoms with Crippen LogP contribution >= 0.6 is 0 Å². The number of halogens is 3. The Morgan fingerprint density at radius 2 is 1.72 bits per heavy atom. The number of hydrogen-bond donors (Lipinski definition) is 1. The maximum Gasteiger partial charge on any atom is 0.274 e. The molecule has 2 amide bonds. The third kappa shape index (κ3) is 3.76. The fraction of sp³-hybridized carbons (Fsp3) is 0.345. The zero-order valence-electron chi connectivity index (χ0n) is 20.7. The first kappa shape index (κ1) is 24.0. The molecule has 3 unspecified atom stereocenters. The molecular formula is C29H24F3N3O4. The summed E-state index contributed by atoms with van der Waals surface area (Å²) in [7, 11) is 0. The molecule has 2 saturated carbocycles. The molecular weight excluding hydrogens is 511 g/mol. The number of rotatable bonds is 6. The van der Waals surface area contributed by atoms with Gasteiger partial charge in [0, 0.05) is 43.0 Å². The summed E-state index contributed by atoms with van der Waals surface area (Å²) < 4.78 is 49.3. The van der Waals surface area contributed by atoms with E-state index in [9.17, 15) is 27.6 Å². The second kappa shape index (κ2) is 8.72. The van der Waals surface area contributed by atoms with Gasteiger partial charge >= 0.3 is 0 Å². The molecule has 0 spiro atoms.